The molecule has 0 saturated carbocycles. The molecule has 0 unspecified atom stereocenters. The van der Waals surface area contributed by atoms with Gasteiger partial charge in [0.25, 0.3) is 0 Å². The van der Waals surface area contributed by atoms with Gasteiger partial charge in [0.05, 0.1) is 12.4 Å². The molecule has 2 rings (SSSR count). The Kier molecular flexibility index (Phi) is 8.66. The maximum absolute atomic E-state index is 3.80. The van der Waals surface area contributed by atoms with E-state index >= 15 is 0 Å². The molecule has 2 heterocycles. The summed E-state index contributed by atoms with van der Waals surface area (Å²) in [5.41, 5.74) is 2.46. The van der Waals surface area contributed by atoms with Crippen LogP contribution in [0.4, 0.5) is 0 Å². The smallest absolute Gasteiger partial charge is 0.169 e. The van der Waals surface area contributed by atoms with Gasteiger partial charge < -0.3 is 4.57 Å². The summed E-state index contributed by atoms with van der Waals surface area (Å²) in [4.78, 5) is 0. The molecule has 2 nitrogen and oxygen atoms in total. The molecule has 0 amide bonds. The van der Waals surface area contributed by atoms with Gasteiger partial charge in [0, 0.05) is 84.6 Å². The Balaban J connectivity index is 0.00000128. The van der Waals surface area contributed by atoms with Gasteiger partial charge in [-0.05, 0) is 30.2 Å². The van der Waals surface area contributed by atoms with Crippen molar-refractivity contribution in [2.75, 3.05) is 0 Å². The number of rotatable bonds is 2. The van der Waals surface area contributed by atoms with Crippen molar-refractivity contribution in [2.45, 2.75) is 13.5 Å². The Morgan fingerprint density at radius 2 is 1.29 bits per heavy atom. The average Bonchev–Trinajstić information content (AvgIpc) is 2.30. The number of aromatic nitrogens is 2. The molecular weight excluding hydrogens is 362 g/mol. The van der Waals surface area contributed by atoms with E-state index in [0.29, 0.717) is 0 Å². The van der Waals surface area contributed by atoms with Crippen LogP contribution in [0.25, 0.3) is 11.1 Å². The van der Waals surface area contributed by atoms with Gasteiger partial charge >= 0.3 is 0 Å². The van der Waals surface area contributed by atoms with Gasteiger partial charge in [0.2, 0.25) is 0 Å². The molecule has 2 aromatic rings. The van der Waals surface area contributed by atoms with Crippen LogP contribution in [0.3, 0.4) is 0 Å². The fourth-order valence-corrected chi connectivity index (χ4v) is 1.51. The predicted molar refractivity (Wildman–Crippen MR) is 58.7 cm³/mol. The van der Waals surface area contributed by atoms with Gasteiger partial charge in [-0.3, -0.25) is 0 Å². The Labute approximate surface area is 153 Å². The summed E-state index contributed by atoms with van der Waals surface area (Å²) in [7, 11) is 3.80. The molecular formula is C13H15N2Y2+. The molecule has 82 valence electrons. The quantitative estimate of drug-likeness (QED) is 0.555. The summed E-state index contributed by atoms with van der Waals surface area (Å²) in [6, 6.07) is 8.40. The molecule has 0 bridgehead atoms. The number of nitrogens with zero attached hydrogens (tertiary/aromatic N) is 2. The SMILES string of the molecule is [CH2-][n+]1ccc(-c2cc[n+](CC)cc2)cc1.[Y].[Y]. The monoisotopic (exact) mass is 377 g/mol. The minimum atomic E-state index is 0. The zero-order chi connectivity index (χ0) is 10.7. The third-order valence-electron chi connectivity index (χ3n) is 2.48. The largest absolute Gasteiger partial charge is 0.339 e. The van der Waals surface area contributed by atoms with Crippen LogP contribution in [0, 0.1) is 7.05 Å². The fraction of sp³-hybridized carbons (Fsp3) is 0.154. The van der Waals surface area contributed by atoms with E-state index < -0.39 is 0 Å². The minimum Gasteiger partial charge on any atom is -0.339 e. The summed E-state index contributed by atoms with van der Waals surface area (Å²) in [6.45, 7) is 3.14. The van der Waals surface area contributed by atoms with E-state index in [1.54, 1.807) is 4.57 Å². The molecule has 17 heavy (non-hydrogen) atoms. The molecule has 4 heteroatoms. The molecule has 0 N–H and O–H groups in total. The van der Waals surface area contributed by atoms with Crippen LogP contribution < -0.4 is 9.13 Å². The van der Waals surface area contributed by atoms with Gasteiger partial charge in [-0.15, -0.1) is 0 Å². The van der Waals surface area contributed by atoms with Crippen molar-refractivity contribution in [3.8, 4) is 11.1 Å². The van der Waals surface area contributed by atoms with Crippen molar-refractivity contribution in [2.24, 2.45) is 0 Å². The molecule has 0 aliphatic heterocycles. The first-order valence-corrected chi connectivity index (χ1v) is 5.11. The second-order valence-electron chi connectivity index (χ2n) is 3.52. The first-order chi connectivity index (χ1) is 7.29. The normalized spacial score (nSPS) is 9.00. The van der Waals surface area contributed by atoms with Crippen LogP contribution >= 0.6 is 0 Å². The van der Waals surface area contributed by atoms with Gasteiger partial charge in [-0.1, -0.05) is 0 Å². The van der Waals surface area contributed by atoms with Crippen molar-refractivity contribution < 1.29 is 74.6 Å². The van der Waals surface area contributed by atoms with Crippen molar-refractivity contribution in [1.82, 2.24) is 0 Å². The van der Waals surface area contributed by atoms with Crippen LogP contribution in [0.15, 0.2) is 49.1 Å². The minimum absolute atomic E-state index is 0. The number of hydrogen-bond acceptors (Lipinski definition) is 0. The molecule has 2 radical (unpaired) electrons. The van der Waals surface area contributed by atoms with Crippen LogP contribution in [0.5, 0.6) is 0 Å². The van der Waals surface area contributed by atoms with Crippen LogP contribution in [-0.4, -0.2) is 0 Å². The molecule has 0 fully saturated rings. The Morgan fingerprint density at radius 3 is 1.71 bits per heavy atom. The maximum Gasteiger partial charge on any atom is 0.169 e. The number of pyridine rings is 2. The van der Waals surface area contributed by atoms with Gasteiger partial charge in [0.1, 0.15) is 6.54 Å². The predicted octanol–water partition coefficient (Wildman–Crippen LogP) is 1.58. The standard InChI is InChI=1S/C13H15N2.2Y/c1-3-15-10-6-13(7-11-15)12-4-8-14(2)9-5-12;;/h4-11H,2-3H2,1H3;;/q+1;;. The van der Waals surface area contributed by atoms with Gasteiger partial charge in [-0.25, -0.2) is 4.57 Å². The van der Waals surface area contributed by atoms with Crippen LogP contribution in [-0.2, 0) is 72.0 Å². The third-order valence-corrected chi connectivity index (χ3v) is 2.48. The molecule has 0 aliphatic carbocycles. The maximum atomic E-state index is 3.80. The number of hydrogen-bond donors (Lipinski definition) is 0. The van der Waals surface area contributed by atoms with E-state index in [2.05, 4.69) is 55.2 Å². The van der Waals surface area contributed by atoms with Crippen LogP contribution in [0.1, 0.15) is 6.92 Å². The van der Waals surface area contributed by atoms with Crippen molar-refractivity contribution in [1.29, 1.82) is 0 Å². The second-order valence-corrected chi connectivity index (χ2v) is 3.52. The average molecular weight is 377 g/mol. The van der Waals surface area contributed by atoms with E-state index in [1.807, 2.05) is 12.4 Å². The fourth-order valence-electron chi connectivity index (χ4n) is 1.51. The van der Waals surface area contributed by atoms with E-state index in [4.69, 9.17) is 0 Å². The summed E-state index contributed by atoms with van der Waals surface area (Å²) in [5, 5.41) is 0. The van der Waals surface area contributed by atoms with Crippen molar-refractivity contribution in [3.63, 3.8) is 0 Å². The second kappa shape index (κ2) is 8.47. The van der Waals surface area contributed by atoms with E-state index in [1.165, 1.54) is 11.1 Å². The molecule has 0 aliphatic rings. The summed E-state index contributed by atoms with van der Waals surface area (Å²) in [5.74, 6) is 0. The summed E-state index contributed by atoms with van der Waals surface area (Å²) < 4.78 is 3.94. The third kappa shape index (κ3) is 4.87. The molecule has 0 aromatic carbocycles. The first-order valence-electron chi connectivity index (χ1n) is 5.11. The summed E-state index contributed by atoms with van der Waals surface area (Å²) in [6.07, 6.45) is 8.10. The summed E-state index contributed by atoms with van der Waals surface area (Å²) >= 11 is 0. The Morgan fingerprint density at radius 1 is 0.882 bits per heavy atom. The molecule has 0 spiro atoms. The van der Waals surface area contributed by atoms with Gasteiger partial charge in [-0.2, -0.15) is 0 Å². The first kappa shape index (κ1) is 17.4. The van der Waals surface area contributed by atoms with Crippen molar-refractivity contribution in [3.05, 3.63) is 56.1 Å². The Hall–Kier alpha value is 0.378. The van der Waals surface area contributed by atoms with E-state index in [9.17, 15) is 0 Å². The zero-order valence-corrected chi connectivity index (χ0v) is 15.8. The molecule has 0 atom stereocenters. The van der Waals surface area contributed by atoms with Gasteiger partial charge in [0.15, 0.2) is 12.4 Å². The number of aryl methyl sites for hydroxylation is 1. The molecule has 0 saturated heterocycles. The zero-order valence-electron chi connectivity index (χ0n) is 10.1. The van der Waals surface area contributed by atoms with E-state index in [0.717, 1.165) is 6.54 Å². The van der Waals surface area contributed by atoms with Crippen molar-refractivity contribution >= 4 is 0 Å². The van der Waals surface area contributed by atoms with E-state index in [-0.39, 0.29) is 65.4 Å². The Bertz CT molecular complexity index is 438. The van der Waals surface area contributed by atoms with Crippen LogP contribution in [0.2, 0.25) is 0 Å². The molecule has 2 aromatic heterocycles. The topological polar surface area (TPSA) is 7.76 Å².